The van der Waals surface area contributed by atoms with Gasteiger partial charge in [0.2, 0.25) is 0 Å². The lowest BCUT2D eigenvalue weighted by molar-refractivity contribution is 0.0667. The topological polar surface area (TPSA) is 35.2 Å². The van der Waals surface area contributed by atoms with Gasteiger partial charge in [-0.3, -0.25) is 0 Å². The van der Waals surface area contributed by atoms with E-state index in [1.165, 1.54) is 31.2 Å². The van der Waals surface area contributed by atoms with E-state index in [1.807, 2.05) is 18.2 Å². The van der Waals surface area contributed by atoms with E-state index in [9.17, 15) is 0 Å². The number of benzene rings is 1. The van der Waals surface area contributed by atoms with E-state index in [0.717, 1.165) is 12.8 Å². The molecule has 0 amide bonds. The highest BCUT2D eigenvalue weighted by molar-refractivity contribution is 5.13. The SMILES string of the molecule is NC1(COCc2ccccc2)CCCCCC1. The molecule has 1 saturated carbocycles. The number of ether oxygens (including phenoxy) is 1. The van der Waals surface area contributed by atoms with Gasteiger partial charge >= 0.3 is 0 Å². The monoisotopic (exact) mass is 233 g/mol. The summed E-state index contributed by atoms with van der Waals surface area (Å²) < 4.78 is 5.79. The second kappa shape index (κ2) is 6.18. The van der Waals surface area contributed by atoms with Crippen LogP contribution in [0.1, 0.15) is 44.1 Å². The zero-order chi connectivity index (χ0) is 12.0. The highest BCUT2D eigenvalue weighted by Gasteiger charge is 2.26. The van der Waals surface area contributed by atoms with Crippen molar-refractivity contribution in [2.45, 2.75) is 50.7 Å². The lowest BCUT2D eigenvalue weighted by Crippen LogP contribution is -2.43. The molecular formula is C15H23NO. The Kier molecular flexibility index (Phi) is 4.57. The molecule has 2 N–H and O–H groups in total. The molecule has 0 atom stereocenters. The molecule has 2 rings (SSSR count). The Labute approximate surface area is 104 Å². The van der Waals surface area contributed by atoms with Crippen molar-refractivity contribution in [2.24, 2.45) is 5.73 Å². The zero-order valence-electron chi connectivity index (χ0n) is 10.5. The third-order valence-corrected chi connectivity index (χ3v) is 3.60. The Bertz CT molecular complexity index is 315. The Morgan fingerprint density at radius 3 is 2.29 bits per heavy atom. The zero-order valence-corrected chi connectivity index (χ0v) is 10.5. The molecule has 94 valence electrons. The minimum Gasteiger partial charge on any atom is -0.375 e. The fourth-order valence-electron chi connectivity index (χ4n) is 2.52. The third kappa shape index (κ3) is 4.14. The maximum absolute atomic E-state index is 6.40. The van der Waals surface area contributed by atoms with Crippen molar-refractivity contribution in [1.82, 2.24) is 0 Å². The van der Waals surface area contributed by atoms with Gasteiger partial charge in [-0.2, -0.15) is 0 Å². The first-order valence-electron chi connectivity index (χ1n) is 6.69. The van der Waals surface area contributed by atoms with Gasteiger partial charge in [0.25, 0.3) is 0 Å². The Morgan fingerprint density at radius 2 is 1.65 bits per heavy atom. The van der Waals surface area contributed by atoms with Gasteiger partial charge in [0, 0.05) is 5.54 Å². The van der Waals surface area contributed by atoms with E-state index in [4.69, 9.17) is 10.5 Å². The highest BCUT2D eigenvalue weighted by Crippen LogP contribution is 2.25. The average Bonchev–Trinajstić information content (AvgIpc) is 2.56. The van der Waals surface area contributed by atoms with E-state index in [0.29, 0.717) is 13.2 Å². The van der Waals surface area contributed by atoms with Crippen molar-refractivity contribution in [2.75, 3.05) is 6.61 Å². The van der Waals surface area contributed by atoms with Crippen molar-refractivity contribution >= 4 is 0 Å². The Balaban J connectivity index is 1.77. The minimum absolute atomic E-state index is 0.0781. The highest BCUT2D eigenvalue weighted by atomic mass is 16.5. The van der Waals surface area contributed by atoms with Crippen molar-refractivity contribution in [1.29, 1.82) is 0 Å². The molecule has 0 aromatic heterocycles. The molecule has 0 radical (unpaired) electrons. The molecule has 1 aliphatic carbocycles. The average molecular weight is 233 g/mol. The first-order valence-corrected chi connectivity index (χ1v) is 6.69. The second-order valence-electron chi connectivity index (χ2n) is 5.25. The van der Waals surface area contributed by atoms with Crippen molar-refractivity contribution in [3.8, 4) is 0 Å². The molecule has 0 aliphatic heterocycles. The summed E-state index contributed by atoms with van der Waals surface area (Å²) in [4.78, 5) is 0. The smallest absolute Gasteiger partial charge is 0.0717 e. The molecule has 1 aromatic carbocycles. The molecule has 0 heterocycles. The molecule has 2 heteroatoms. The van der Waals surface area contributed by atoms with Gasteiger partial charge in [-0.25, -0.2) is 0 Å². The van der Waals surface area contributed by atoms with Crippen molar-refractivity contribution < 1.29 is 4.74 Å². The van der Waals surface area contributed by atoms with Crippen LogP contribution in [-0.4, -0.2) is 12.1 Å². The van der Waals surface area contributed by atoms with E-state index in [-0.39, 0.29) is 5.54 Å². The molecule has 0 bridgehead atoms. The van der Waals surface area contributed by atoms with E-state index < -0.39 is 0 Å². The van der Waals surface area contributed by atoms with Gasteiger partial charge in [0.15, 0.2) is 0 Å². The Morgan fingerprint density at radius 1 is 1.00 bits per heavy atom. The van der Waals surface area contributed by atoms with Crippen LogP contribution >= 0.6 is 0 Å². The Hall–Kier alpha value is -0.860. The normalized spacial score (nSPS) is 19.8. The van der Waals surface area contributed by atoms with Crippen molar-refractivity contribution in [3.05, 3.63) is 35.9 Å². The number of hydrogen-bond acceptors (Lipinski definition) is 2. The predicted octanol–water partition coefficient (Wildman–Crippen LogP) is 3.25. The lowest BCUT2D eigenvalue weighted by atomic mass is 9.93. The van der Waals surface area contributed by atoms with Crippen LogP contribution in [0.15, 0.2) is 30.3 Å². The summed E-state index contributed by atoms with van der Waals surface area (Å²) in [7, 11) is 0. The number of rotatable bonds is 4. The maximum Gasteiger partial charge on any atom is 0.0717 e. The van der Waals surface area contributed by atoms with Crippen molar-refractivity contribution in [3.63, 3.8) is 0 Å². The molecule has 2 nitrogen and oxygen atoms in total. The van der Waals surface area contributed by atoms with Crippen LogP contribution in [0.4, 0.5) is 0 Å². The molecular weight excluding hydrogens is 210 g/mol. The largest absolute Gasteiger partial charge is 0.375 e. The summed E-state index contributed by atoms with van der Waals surface area (Å²) in [6.07, 6.45) is 7.40. The van der Waals surface area contributed by atoms with Gasteiger partial charge < -0.3 is 10.5 Å². The van der Waals surface area contributed by atoms with Crippen LogP contribution in [-0.2, 0) is 11.3 Å². The minimum atomic E-state index is -0.0781. The maximum atomic E-state index is 6.40. The van der Waals surface area contributed by atoms with Gasteiger partial charge in [-0.05, 0) is 18.4 Å². The summed E-state index contributed by atoms with van der Waals surface area (Å²) in [5, 5.41) is 0. The summed E-state index contributed by atoms with van der Waals surface area (Å²) >= 11 is 0. The summed E-state index contributed by atoms with van der Waals surface area (Å²) in [5.74, 6) is 0. The fraction of sp³-hybridized carbons (Fsp3) is 0.600. The van der Waals surface area contributed by atoms with Gasteiger partial charge in [0.1, 0.15) is 0 Å². The number of hydrogen-bond donors (Lipinski definition) is 1. The van der Waals surface area contributed by atoms with Crippen LogP contribution in [0.2, 0.25) is 0 Å². The molecule has 1 fully saturated rings. The van der Waals surface area contributed by atoms with Gasteiger partial charge in [-0.1, -0.05) is 56.0 Å². The first-order chi connectivity index (χ1) is 8.29. The van der Waals surface area contributed by atoms with Crippen LogP contribution < -0.4 is 5.73 Å². The van der Waals surface area contributed by atoms with Crippen LogP contribution in [0.25, 0.3) is 0 Å². The van der Waals surface area contributed by atoms with Gasteiger partial charge in [0.05, 0.1) is 13.2 Å². The molecule has 0 saturated heterocycles. The quantitative estimate of drug-likeness (QED) is 0.810. The summed E-state index contributed by atoms with van der Waals surface area (Å²) in [5.41, 5.74) is 7.55. The van der Waals surface area contributed by atoms with Crippen LogP contribution in [0.3, 0.4) is 0 Å². The number of nitrogens with two attached hydrogens (primary N) is 1. The summed E-state index contributed by atoms with van der Waals surface area (Å²) in [6.45, 7) is 1.38. The summed E-state index contributed by atoms with van der Waals surface area (Å²) in [6, 6.07) is 10.3. The van der Waals surface area contributed by atoms with Crippen LogP contribution in [0.5, 0.6) is 0 Å². The lowest BCUT2D eigenvalue weighted by Gasteiger charge is -2.27. The first kappa shape index (κ1) is 12.6. The molecule has 1 aromatic rings. The predicted molar refractivity (Wildman–Crippen MR) is 70.7 cm³/mol. The molecule has 17 heavy (non-hydrogen) atoms. The molecule has 0 unspecified atom stereocenters. The van der Waals surface area contributed by atoms with E-state index in [1.54, 1.807) is 0 Å². The standard InChI is InChI=1S/C15H23NO/c16-15(10-6-1-2-7-11-15)13-17-12-14-8-4-3-5-9-14/h3-5,8-9H,1-2,6-7,10-13,16H2. The van der Waals surface area contributed by atoms with E-state index in [2.05, 4.69) is 12.1 Å². The molecule has 1 aliphatic rings. The fourth-order valence-corrected chi connectivity index (χ4v) is 2.52. The van der Waals surface area contributed by atoms with E-state index >= 15 is 0 Å². The molecule has 0 spiro atoms. The van der Waals surface area contributed by atoms with Gasteiger partial charge in [-0.15, -0.1) is 0 Å². The van der Waals surface area contributed by atoms with Crippen LogP contribution in [0, 0.1) is 0 Å². The third-order valence-electron chi connectivity index (χ3n) is 3.60. The second-order valence-corrected chi connectivity index (χ2v) is 5.25.